The van der Waals surface area contributed by atoms with Gasteiger partial charge in [-0.05, 0) is 19.4 Å². The third-order valence-electron chi connectivity index (χ3n) is 2.40. The molecule has 0 amide bonds. The fourth-order valence-corrected chi connectivity index (χ4v) is 1.51. The number of carbonyl (C=O) groups excluding carboxylic acids is 3. The summed E-state index contributed by atoms with van der Waals surface area (Å²) in [4.78, 5) is 34.0. The fourth-order valence-electron chi connectivity index (χ4n) is 1.51. The molecule has 0 radical (unpaired) electrons. The van der Waals surface area contributed by atoms with Crippen LogP contribution in [0.4, 0.5) is 0 Å². The molecule has 0 heterocycles. The Labute approximate surface area is 117 Å². The second kappa shape index (κ2) is 7.89. The first-order valence-electron chi connectivity index (χ1n) is 6.23. The van der Waals surface area contributed by atoms with Gasteiger partial charge >= 0.3 is 11.9 Å². The molecule has 0 atom stereocenters. The number of aldehydes is 1. The fraction of sp³-hybridized carbons (Fsp3) is 0.267. The lowest BCUT2D eigenvalue weighted by Gasteiger charge is -2.07. The number of hydrogen-bond acceptors (Lipinski definition) is 5. The van der Waals surface area contributed by atoms with Crippen LogP contribution in [0.2, 0.25) is 0 Å². The summed E-state index contributed by atoms with van der Waals surface area (Å²) in [5.74, 6) is -1.23. The van der Waals surface area contributed by atoms with Crippen molar-refractivity contribution in [3.05, 3.63) is 41.5 Å². The first kappa shape index (κ1) is 15.6. The molecular weight excluding hydrogens is 260 g/mol. The molecule has 1 aromatic rings. The van der Waals surface area contributed by atoms with Crippen molar-refractivity contribution in [2.24, 2.45) is 0 Å². The minimum absolute atomic E-state index is 0.0998. The predicted octanol–water partition coefficient (Wildman–Crippen LogP) is 2.01. The van der Waals surface area contributed by atoms with E-state index in [9.17, 15) is 14.4 Å². The van der Waals surface area contributed by atoms with Gasteiger partial charge in [0.1, 0.15) is 6.29 Å². The molecule has 5 heteroatoms. The van der Waals surface area contributed by atoms with Gasteiger partial charge in [0, 0.05) is 11.6 Å². The zero-order valence-corrected chi connectivity index (χ0v) is 11.4. The summed E-state index contributed by atoms with van der Waals surface area (Å²) in [6, 6.07) is 6.26. The number of benzene rings is 1. The van der Waals surface area contributed by atoms with Crippen LogP contribution < -0.4 is 0 Å². The van der Waals surface area contributed by atoms with E-state index in [1.807, 2.05) is 0 Å². The molecule has 0 saturated carbocycles. The second-order valence-corrected chi connectivity index (χ2v) is 3.77. The van der Waals surface area contributed by atoms with Gasteiger partial charge in [-0.2, -0.15) is 0 Å². The van der Waals surface area contributed by atoms with Crippen molar-refractivity contribution in [3.8, 4) is 0 Å². The quantitative estimate of drug-likeness (QED) is 0.451. The largest absolute Gasteiger partial charge is 0.463 e. The molecule has 5 nitrogen and oxygen atoms in total. The molecule has 0 spiro atoms. The molecular formula is C15H16O5. The number of ether oxygens (including phenoxy) is 2. The Bertz CT molecular complexity index is 514. The molecule has 20 heavy (non-hydrogen) atoms. The van der Waals surface area contributed by atoms with Crippen LogP contribution in [0, 0.1) is 0 Å². The van der Waals surface area contributed by atoms with E-state index in [2.05, 4.69) is 0 Å². The molecule has 0 fully saturated rings. The minimum atomic E-state index is -0.616. The van der Waals surface area contributed by atoms with Crippen LogP contribution in [0.15, 0.2) is 30.3 Å². The molecule has 1 rings (SSSR count). The molecule has 0 aliphatic carbocycles. The van der Waals surface area contributed by atoms with E-state index in [1.165, 1.54) is 0 Å². The van der Waals surface area contributed by atoms with E-state index in [4.69, 9.17) is 9.47 Å². The van der Waals surface area contributed by atoms with Crippen molar-refractivity contribution in [2.45, 2.75) is 13.8 Å². The summed E-state index contributed by atoms with van der Waals surface area (Å²) >= 11 is 0. The minimum Gasteiger partial charge on any atom is -0.463 e. The monoisotopic (exact) mass is 276 g/mol. The molecule has 0 N–H and O–H groups in total. The highest BCUT2D eigenvalue weighted by atomic mass is 16.5. The zero-order chi connectivity index (χ0) is 15.0. The zero-order valence-electron chi connectivity index (χ0n) is 11.4. The SMILES string of the molecule is CCOC(=O)/C=C(\C(=O)OCC)c1ccc(C=O)cc1. The van der Waals surface area contributed by atoms with Crippen molar-refractivity contribution < 1.29 is 23.9 Å². The van der Waals surface area contributed by atoms with Crippen LogP contribution in [-0.4, -0.2) is 31.4 Å². The van der Waals surface area contributed by atoms with Crippen LogP contribution in [0.3, 0.4) is 0 Å². The van der Waals surface area contributed by atoms with Gasteiger partial charge in [0.2, 0.25) is 0 Å². The number of hydrogen-bond donors (Lipinski definition) is 0. The molecule has 0 bridgehead atoms. The third kappa shape index (κ3) is 4.35. The summed E-state index contributed by atoms with van der Waals surface area (Å²) in [6.45, 7) is 3.77. The summed E-state index contributed by atoms with van der Waals surface area (Å²) in [5.41, 5.74) is 1.07. The average molecular weight is 276 g/mol. The Kier molecular flexibility index (Phi) is 6.16. The van der Waals surface area contributed by atoms with Crippen molar-refractivity contribution >= 4 is 23.8 Å². The Morgan fingerprint density at radius 3 is 2.15 bits per heavy atom. The van der Waals surface area contributed by atoms with E-state index in [-0.39, 0.29) is 18.8 Å². The highest BCUT2D eigenvalue weighted by molar-refractivity contribution is 6.20. The standard InChI is InChI=1S/C15H16O5/c1-3-19-14(17)9-13(15(18)20-4-2)12-7-5-11(10-16)6-8-12/h5-10H,3-4H2,1-2H3/b13-9-. The molecule has 1 aromatic carbocycles. The topological polar surface area (TPSA) is 69.7 Å². The van der Waals surface area contributed by atoms with E-state index in [0.717, 1.165) is 6.08 Å². The molecule has 0 aromatic heterocycles. The van der Waals surface area contributed by atoms with Gasteiger partial charge in [-0.3, -0.25) is 4.79 Å². The summed E-state index contributed by atoms with van der Waals surface area (Å²) in [7, 11) is 0. The molecule has 0 unspecified atom stereocenters. The number of carbonyl (C=O) groups is 3. The normalized spacial score (nSPS) is 10.8. The van der Waals surface area contributed by atoms with Crippen LogP contribution in [0.1, 0.15) is 29.8 Å². The summed E-state index contributed by atoms with van der Waals surface area (Å²) in [5, 5.41) is 0. The first-order chi connectivity index (χ1) is 9.62. The highest BCUT2D eigenvalue weighted by Gasteiger charge is 2.15. The molecule has 106 valence electrons. The molecule has 0 aliphatic rings. The van der Waals surface area contributed by atoms with Crippen molar-refractivity contribution in [1.82, 2.24) is 0 Å². The molecule has 0 saturated heterocycles. The number of esters is 2. The Hall–Kier alpha value is -2.43. The van der Waals surface area contributed by atoms with Crippen LogP contribution in [-0.2, 0) is 19.1 Å². The van der Waals surface area contributed by atoms with Crippen LogP contribution >= 0.6 is 0 Å². The second-order valence-electron chi connectivity index (χ2n) is 3.77. The summed E-state index contributed by atoms with van der Waals surface area (Å²) in [6.07, 6.45) is 1.79. The maximum absolute atomic E-state index is 11.9. The Morgan fingerprint density at radius 1 is 1.05 bits per heavy atom. The van der Waals surface area contributed by atoms with Crippen LogP contribution in [0.5, 0.6) is 0 Å². The lowest BCUT2D eigenvalue weighted by Crippen LogP contribution is -2.10. The van der Waals surface area contributed by atoms with E-state index in [1.54, 1.807) is 38.1 Å². The van der Waals surface area contributed by atoms with Gasteiger partial charge in [-0.25, -0.2) is 9.59 Å². The van der Waals surface area contributed by atoms with Gasteiger partial charge in [0.25, 0.3) is 0 Å². The Balaban J connectivity index is 3.11. The Morgan fingerprint density at radius 2 is 1.65 bits per heavy atom. The van der Waals surface area contributed by atoms with Gasteiger partial charge in [-0.1, -0.05) is 24.3 Å². The smallest absolute Gasteiger partial charge is 0.338 e. The molecule has 0 aliphatic heterocycles. The third-order valence-corrected chi connectivity index (χ3v) is 2.40. The average Bonchev–Trinajstić information content (AvgIpc) is 2.45. The lowest BCUT2D eigenvalue weighted by atomic mass is 10.0. The van der Waals surface area contributed by atoms with Crippen LogP contribution in [0.25, 0.3) is 5.57 Å². The highest BCUT2D eigenvalue weighted by Crippen LogP contribution is 2.17. The van der Waals surface area contributed by atoms with E-state index >= 15 is 0 Å². The lowest BCUT2D eigenvalue weighted by molar-refractivity contribution is -0.139. The van der Waals surface area contributed by atoms with Gasteiger partial charge in [0.05, 0.1) is 18.8 Å². The van der Waals surface area contributed by atoms with Crippen molar-refractivity contribution in [1.29, 1.82) is 0 Å². The van der Waals surface area contributed by atoms with Gasteiger partial charge in [-0.15, -0.1) is 0 Å². The maximum Gasteiger partial charge on any atom is 0.338 e. The first-order valence-corrected chi connectivity index (χ1v) is 6.23. The van der Waals surface area contributed by atoms with Crippen molar-refractivity contribution in [3.63, 3.8) is 0 Å². The predicted molar refractivity (Wildman–Crippen MR) is 73.1 cm³/mol. The number of rotatable bonds is 6. The van der Waals surface area contributed by atoms with Crippen molar-refractivity contribution in [2.75, 3.05) is 13.2 Å². The van der Waals surface area contributed by atoms with Gasteiger partial charge < -0.3 is 9.47 Å². The maximum atomic E-state index is 11.9. The van der Waals surface area contributed by atoms with E-state index < -0.39 is 11.9 Å². The van der Waals surface area contributed by atoms with Gasteiger partial charge in [0.15, 0.2) is 0 Å². The van der Waals surface area contributed by atoms with E-state index in [0.29, 0.717) is 17.4 Å². The summed E-state index contributed by atoms with van der Waals surface area (Å²) < 4.78 is 9.70.